The van der Waals surface area contributed by atoms with E-state index in [-0.39, 0.29) is 20.4 Å². The van der Waals surface area contributed by atoms with Crippen LogP contribution < -0.4 is 0 Å². The molecule has 1 radical (unpaired) electrons. The molecule has 0 bridgehead atoms. The molecule has 47 valence electrons. The fourth-order valence-electron chi connectivity index (χ4n) is 1.30. The summed E-state index contributed by atoms with van der Waals surface area (Å²) in [5.74, 6) is 0. The summed E-state index contributed by atoms with van der Waals surface area (Å²) in [5.41, 5.74) is 0.778. The average Bonchev–Trinajstić information content (AvgIpc) is 2.15. The van der Waals surface area contributed by atoms with Gasteiger partial charge < -0.3 is 5.32 Å². The Morgan fingerprint density at radius 1 is 1.12 bits per heavy atom. The maximum Gasteiger partial charge on any atom is 0 e. The Morgan fingerprint density at radius 3 is 2.12 bits per heavy atom. The summed E-state index contributed by atoms with van der Waals surface area (Å²) >= 11 is 0. The SMILES string of the molecule is C1CC2(CC2)C[N-]1.[Re]. The van der Waals surface area contributed by atoms with Crippen molar-refractivity contribution in [2.45, 2.75) is 19.3 Å². The first-order chi connectivity index (χ1) is 3.41. The molecule has 0 amide bonds. The van der Waals surface area contributed by atoms with Crippen LogP contribution in [0.4, 0.5) is 0 Å². The van der Waals surface area contributed by atoms with E-state index in [4.69, 9.17) is 0 Å². The molecule has 1 aliphatic heterocycles. The van der Waals surface area contributed by atoms with Gasteiger partial charge in [0.2, 0.25) is 0 Å². The predicted octanol–water partition coefficient (Wildman–Crippen LogP) is 1.54. The van der Waals surface area contributed by atoms with Crippen LogP contribution in [0.25, 0.3) is 5.32 Å². The smallest absolute Gasteiger partial charge is 0 e. The fourth-order valence-corrected chi connectivity index (χ4v) is 1.30. The van der Waals surface area contributed by atoms with Gasteiger partial charge in [0.1, 0.15) is 0 Å². The molecule has 2 fully saturated rings. The summed E-state index contributed by atoms with van der Waals surface area (Å²) < 4.78 is 0. The zero-order chi connectivity index (χ0) is 4.74. The van der Waals surface area contributed by atoms with E-state index in [9.17, 15) is 0 Å². The average molecular weight is 282 g/mol. The predicted molar refractivity (Wildman–Crippen MR) is 29.4 cm³/mol. The molecule has 2 aliphatic rings. The van der Waals surface area contributed by atoms with Gasteiger partial charge in [-0.3, -0.25) is 0 Å². The molecule has 1 nitrogen and oxygen atoms in total. The second-order valence-corrected chi connectivity index (χ2v) is 2.86. The molecule has 0 N–H and O–H groups in total. The van der Waals surface area contributed by atoms with Crippen LogP contribution in [-0.4, -0.2) is 13.1 Å². The molecule has 2 heteroatoms. The minimum Gasteiger partial charge on any atom is -0.662 e. The van der Waals surface area contributed by atoms with Crippen molar-refractivity contribution in [3.63, 3.8) is 0 Å². The van der Waals surface area contributed by atoms with Crippen LogP contribution in [0.1, 0.15) is 19.3 Å². The molecule has 8 heavy (non-hydrogen) atoms. The van der Waals surface area contributed by atoms with E-state index in [1.54, 1.807) is 0 Å². The van der Waals surface area contributed by atoms with Crippen molar-refractivity contribution in [1.29, 1.82) is 0 Å². The van der Waals surface area contributed by atoms with E-state index >= 15 is 0 Å². The van der Waals surface area contributed by atoms with Gasteiger partial charge in [-0.15, -0.1) is 13.1 Å². The number of hydrogen-bond acceptors (Lipinski definition) is 0. The third kappa shape index (κ3) is 0.979. The van der Waals surface area contributed by atoms with E-state index in [0.29, 0.717) is 0 Å². The minimum absolute atomic E-state index is 0. The number of nitrogens with zero attached hydrogens (tertiary/aromatic N) is 1. The van der Waals surface area contributed by atoms with Crippen LogP contribution in [0.5, 0.6) is 0 Å². The standard InChI is InChI=1S/C6H10N.Re/c1-2-6(1)3-4-7-5-6;/h1-5H2;/q-1;. The molecule has 0 aromatic rings. The third-order valence-electron chi connectivity index (χ3n) is 2.20. The van der Waals surface area contributed by atoms with Gasteiger partial charge in [0.15, 0.2) is 0 Å². The second-order valence-electron chi connectivity index (χ2n) is 2.86. The molecular weight excluding hydrogens is 272 g/mol. The van der Waals surface area contributed by atoms with Crippen molar-refractivity contribution in [1.82, 2.24) is 0 Å². The molecule has 1 saturated carbocycles. The molecule has 2 rings (SSSR count). The molecule has 1 aliphatic carbocycles. The van der Waals surface area contributed by atoms with Crippen LogP contribution in [0.15, 0.2) is 0 Å². The van der Waals surface area contributed by atoms with Crippen LogP contribution in [0.2, 0.25) is 0 Å². The van der Waals surface area contributed by atoms with E-state index < -0.39 is 0 Å². The summed E-state index contributed by atoms with van der Waals surface area (Å²) in [6, 6.07) is 0. The quantitative estimate of drug-likeness (QED) is 0.640. The van der Waals surface area contributed by atoms with E-state index in [1.807, 2.05) is 0 Å². The summed E-state index contributed by atoms with van der Waals surface area (Å²) in [5, 5.41) is 4.30. The summed E-state index contributed by atoms with van der Waals surface area (Å²) in [7, 11) is 0. The van der Waals surface area contributed by atoms with Gasteiger partial charge in [-0.1, -0.05) is 11.8 Å². The Morgan fingerprint density at radius 2 is 1.88 bits per heavy atom. The molecular formula is C6H10NRe-. The minimum atomic E-state index is 0. The topological polar surface area (TPSA) is 14.1 Å². The Balaban J connectivity index is 0.000000320. The van der Waals surface area contributed by atoms with Gasteiger partial charge in [-0.2, -0.15) is 0 Å². The maximum absolute atomic E-state index is 4.30. The zero-order valence-electron chi connectivity index (χ0n) is 4.86. The fraction of sp³-hybridized carbons (Fsp3) is 1.00. The Labute approximate surface area is 63.9 Å². The van der Waals surface area contributed by atoms with Crippen molar-refractivity contribution in [2.75, 3.05) is 13.1 Å². The summed E-state index contributed by atoms with van der Waals surface area (Å²) in [4.78, 5) is 0. The molecule has 0 aromatic carbocycles. The van der Waals surface area contributed by atoms with Crippen molar-refractivity contribution in [3.05, 3.63) is 5.32 Å². The van der Waals surface area contributed by atoms with Crippen molar-refractivity contribution < 1.29 is 20.4 Å². The number of hydrogen-bond donors (Lipinski definition) is 0. The monoisotopic (exact) mass is 283 g/mol. The molecule has 1 saturated heterocycles. The largest absolute Gasteiger partial charge is 0.662 e. The van der Waals surface area contributed by atoms with Gasteiger partial charge in [0.05, 0.1) is 0 Å². The van der Waals surface area contributed by atoms with Crippen molar-refractivity contribution in [2.24, 2.45) is 5.41 Å². The van der Waals surface area contributed by atoms with E-state index in [0.717, 1.165) is 12.0 Å². The normalized spacial score (nSPS) is 30.0. The Kier molecular flexibility index (Phi) is 1.77. The van der Waals surface area contributed by atoms with Gasteiger partial charge in [-0.25, -0.2) is 0 Å². The van der Waals surface area contributed by atoms with Gasteiger partial charge in [-0.05, 0) is 12.8 Å². The van der Waals surface area contributed by atoms with Gasteiger partial charge in [0, 0.05) is 20.4 Å². The molecule has 1 heterocycles. The van der Waals surface area contributed by atoms with Crippen LogP contribution in [0.3, 0.4) is 0 Å². The molecule has 0 aromatic heterocycles. The Hall–Kier alpha value is 0.622. The van der Waals surface area contributed by atoms with Crippen LogP contribution in [0, 0.1) is 5.41 Å². The Bertz CT molecular complexity index is 80.5. The first-order valence-corrected chi connectivity index (χ1v) is 3.05. The number of rotatable bonds is 0. The first kappa shape index (κ1) is 6.74. The van der Waals surface area contributed by atoms with E-state index in [2.05, 4.69) is 5.32 Å². The second kappa shape index (κ2) is 2.10. The first-order valence-electron chi connectivity index (χ1n) is 3.05. The molecule has 0 atom stereocenters. The van der Waals surface area contributed by atoms with Gasteiger partial charge in [0.25, 0.3) is 0 Å². The van der Waals surface area contributed by atoms with E-state index in [1.165, 1.54) is 25.8 Å². The molecule has 0 unspecified atom stereocenters. The summed E-state index contributed by atoms with van der Waals surface area (Å²) in [6.45, 7) is 2.34. The maximum atomic E-state index is 4.30. The van der Waals surface area contributed by atoms with Crippen molar-refractivity contribution >= 4 is 0 Å². The summed E-state index contributed by atoms with van der Waals surface area (Å²) in [6.07, 6.45) is 4.33. The molecule has 1 spiro atoms. The van der Waals surface area contributed by atoms with Crippen LogP contribution >= 0.6 is 0 Å². The zero-order valence-corrected chi connectivity index (χ0v) is 7.58. The van der Waals surface area contributed by atoms with Crippen LogP contribution in [-0.2, 0) is 20.4 Å². The third-order valence-corrected chi connectivity index (χ3v) is 2.20. The van der Waals surface area contributed by atoms with Crippen molar-refractivity contribution in [3.8, 4) is 0 Å². The van der Waals surface area contributed by atoms with Gasteiger partial charge >= 0.3 is 0 Å².